The molecule has 1 saturated carbocycles. The highest BCUT2D eigenvalue weighted by Crippen LogP contribution is 2.28. The van der Waals surface area contributed by atoms with E-state index in [2.05, 4.69) is 23.7 Å². The Bertz CT molecular complexity index is 450. The number of rotatable bonds is 6. The van der Waals surface area contributed by atoms with Gasteiger partial charge in [-0.1, -0.05) is 26.7 Å². The fourth-order valence-corrected chi connectivity index (χ4v) is 2.93. The summed E-state index contributed by atoms with van der Waals surface area (Å²) in [7, 11) is 0. The summed E-state index contributed by atoms with van der Waals surface area (Å²) in [6, 6.07) is 4.36. The summed E-state index contributed by atoms with van der Waals surface area (Å²) >= 11 is 0. The third-order valence-electron chi connectivity index (χ3n) is 3.88. The minimum atomic E-state index is -0.298. The molecule has 1 heterocycles. The summed E-state index contributed by atoms with van der Waals surface area (Å²) in [6.45, 7) is 7.67. The third kappa shape index (κ3) is 4.19. The van der Waals surface area contributed by atoms with E-state index in [0.29, 0.717) is 24.1 Å². The van der Waals surface area contributed by atoms with Gasteiger partial charge in [-0.05, 0) is 37.8 Å². The topological polar surface area (TPSA) is 42.4 Å². The van der Waals surface area contributed by atoms with Crippen LogP contribution in [0.2, 0.25) is 0 Å². The number of carbonyl (C=O) groups excluding carboxylic acids is 1. The SMILES string of the molecule is CCOC(=O)c1ccc(N(CC(C)C)C2CCCC2)nc1. The summed E-state index contributed by atoms with van der Waals surface area (Å²) in [5.41, 5.74) is 0.525. The van der Waals surface area contributed by atoms with Crippen molar-refractivity contribution in [2.75, 3.05) is 18.1 Å². The van der Waals surface area contributed by atoms with Crippen LogP contribution in [0.1, 0.15) is 56.8 Å². The van der Waals surface area contributed by atoms with E-state index < -0.39 is 0 Å². The maximum Gasteiger partial charge on any atom is 0.339 e. The molecule has 0 atom stereocenters. The number of ether oxygens (including phenoxy) is 1. The first-order valence-electron chi connectivity index (χ1n) is 8.01. The number of hydrogen-bond donors (Lipinski definition) is 0. The first-order valence-corrected chi connectivity index (χ1v) is 8.01. The highest BCUT2D eigenvalue weighted by molar-refractivity contribution is 5.89. The van der Waals surface area contributed by atoms with Crippen LogP contribution in [0, 0.1) is 5.92 Å². The van der Waals surface area contributed by atoms with Crippen LogP contribution >= 0.6 is 0 Å². The van der Waals surface area contributed by atoms with E-state index in [-0.39, 0.29) is 5.97 Å². The molecule has 116 valence electrons. The first kappa shape index (κ1) is 15.8. The Labute approximate surface area is 127 Å². The van der Waals surface area contributed by atoms with Gasteiger partial charge in [0.2, 0.25) is 0 Å². The zero-order valence-electron chi connectivity index (χ0n) is 13.3. The zero-order chi connectivity index (χ0) is 15.2. The van der Waals surface area contributed by atoms with E-state index in [4.69, 9.17) is 4.74 Å². The Morgan fingerprint density at radius 3 is 2.62 bits per heavy atom. The van der Waals surface area contributed by atoms with E-state index in [1.165, 1.54) is 25.7 Å². The van der Waals surface area contributed by atoms with Crippen molar-refractivity contribution in [3.8, 4) is 0 Å². The molecule has 0 aliphatic heterocycles. The Balaban J connectivity index is 2.14. The van der Waals surface area contributed by atoms with E-state index in [0.717, 1.165) is 12.4 Å². The van der Waals surface area contributed by atoms with E-state index in [1.54, 1.807) is 6.20 Å². The molecule has 4 heteroatoms. The minimum absolute atomic E-state index is 0.298. The smallest absolute Gasteiger partial charge is 0.339 e. The van der Waals surface area contributed by atoms with Gasteiger partial charge in [-0.15, -0.1) is 0 Å². The summed E-state index contributed by atoms with van der Waals surface area (Å²) in [6.07, 6.45) is 6.73. The molecule has 0 amide bonds. The van der Waals surface area contributed by atoms with Crippen LogP contribution in [0.4, 0.5) is 5.82 Å². The lowest BCUT2D eigenvalue weighted by Gasteiger charge is -2.31. The van der Waals surface area contributed by atoms with E-state index >= 15 is 0 Å². The van der Waals surface area contributed by atoms with Crippen LogP contribution in [0.3, 0.4) is 0 Å². The van der Waals surface area contributed by atoms with E-state index in [1.807, 2.05) is 19.1 Å². The second-order valence-corrected chi connectivity index (χ2v) is 6.11. The maximum atomic E-state index is 11.7. The van der Waals surface area contributed by atoms with Gasteiger partial charge in [0.15, 0.2) is 0 Å². The summed E-state index contributed by atoms with van der Waals surface area (Å²) in [5.74, 6) is 1.27. The van der Waals surface area contributed by atoms with Gasteiger partial charge in [-0.25, -0.2) is 9.78 Å². The van der Waals surface area contributed by atoms with Crippen LogP contribution in [0.5, 0.6) is 0 Å². The summed E-state index contributed by atoms with van der Waals surface area (Å²) < 4.78 is 5.00. The third-order valence-corrected chi connectivity index (χ3v) is 3.88. The molecular weight excluding hydrogens is 264 g/mol. The number of nitrogens with zero attached hydrogens (tertiary/aromatic N) is 2. The summed E-state index contributed by atoms with van der Waals surface area (Å²) in [4.78, 5) is 18.6. The molecule has 2 rings (SSSR count). The average molecular weight is 290 g/mol. The van der Waals surface area contributed by atoms with Crippen molar-refractivity contribution in [3.63, 3.8) is 0 Å². The number of aromatic nitrogens is 1. The lowest BCUT2D eigenvalue weighted by molar-refractivity contribution is 0.0526. The molecule has 21 heavy (non-hydrogen) atoms. The molecule has 0 unspecified atom stereocenters. The second kappa shape index (κ2) is 7.43. The van der Waals surface area contributed by atoms with Crippen molar-refractivity contribution < 1.29 is 9.53 Å². The zero-order valence-corrected chi connectivity index (χ0v) is 13.3. The number of anilines is 1. The molecule has 0 bridgehead atoms. The van der Waals surface area contributed by atoms with Gasteiger partial charge < -0.3 is 9.64 Å². The lowest BCUT2D eigenvalue weighted by atomic mass is 10.1. The normalized spacial score (nSPS) is 15.4. The van der Waals surface area contributed by atoms with Gasteiger partial charge in [0.05, 0.1) is 12.2 Å². The molecule has 1 aliphatic carbocycles. The Kier molecular flexibility index (Phi) is 5.59. The van der Waals surface area contributed by atoms with Crippen molar-refractivity contribution in [1.29, 1.82) is 0 Å². The van der Waals surface area contributed by atoms with Crippen LogP contribution in [-0.2, 0) is 4.74 Å². The Hall–Kier alpha value is -1.58. The number of pyridine rings is 1. The van der Waals surface area contributed by atoms with Gasteiger partial charge >= 0.3 is 5.97 Å². The molecule has 4 nitrogen and oxygen atoms in total. The molecule has 1 aromatic heterocycles. The maximum absolute atomic E-state index is 11.7. The molecule has 0 saturated heterocycles. The molecule has 1 fully saturated rings. The van der Waals surface area contributed by atoms with Crippen LogP contribution in [0.15, 0.2) is 18.3 Å². The van der Waals surface area contributed by atoms with Crippen molar-refractivity contribution in [1.82, 2.24) is 4.98 Å². The summed E-state index contributed by atoms with van der Waals surface area (Å²) in [5, 5.41) is 0. The average Bonchev–Trinajstić information content (AvgIpc) is 2.99. The Morgan fingerprint density at radius 1 is 1.38 bits per heavy atom. The van der Waals surface area contributed by atoms with Crippen molar-refractivity contribution in [3.05, 3.63) is 23.9 Å². The van der Waals surface area contributed by atoms with Gasteiger partial charge in [0.1, 0.15) is 5.82 Å². The van der Waals surface area contributed by atoms with Crippen LogP contribution in [-0.4, -0.2) is 30.1 Å². The van der Waals surface area contributed by atoms with Gasteiger partial charge in [0, 0.05) is 18.8 Å². The quantitative estimate of drug-likeness (QED) is 0.750. The van der Waals surface area contributed by atoms with Gasteiger partial charge in [-0.2, -0.15) is 0 Å². The molecular formula is C17H26N2O2. The number of carbonyl (C=O) groups is 1. The number of esters is 1. The molecule has 0 radical (unpaired) electrons. The Morgan fingerprint density at radius 2 is 2.10 bits per heavy atom. The van der Waals surface area contributed by atoms with Gasteiger partial charge in [-0.3, -0.25) is 0 Å². The molecule has 0 spiro atoms. The largest absolute Gasteiger partial charge is 0.462 e. The first-order chi connectivity index (χ1) is 10.1. The standard InChI is InChI=1S/C17H26N2O2/c1-4-21-17(20)14-9-10-16(18-11-14)19(12-13(2)3)15-7-5-6-8-15/h9-11,13,15H,4-8,12H2,1-3H3. The fourth-order valence-electron chi connectivity index (χ4n) is 2.93. The molecule has 0 N–H and O–H groups in total. The van der Waals surface area contributed by atoms with Gasteiger partial charge in [0.25, 0.3) is 0 Å². The van der Waals surface area contributed by atoms with Crippen molar-refractivity contribution >= 4 is 11.8 Å². The number of hydrogen-bond acceptors (Lipinski definition) is 4. The van der Waals surface area contributed by atoms with Crippen molar-refractivity contribution in [2.24, 2.45) is 5.92 Å². The molecule has 1 aromatic rings. The lowest BCUT2D eigenvalue weighted by Crippen LogP contribution is -2.36. The molecule has 0 aromatic carbocycles. The highest BCUT2D eigenvalue weighted by Gasteiger charge is 2.24. The van der Waals surface area contributed by atoms with Crippen LogP contribution < -0.4 is 4.90 Å². The fraction of sp³-hybridized carbons (Fsp3) is 0.647. The minimum Gasteiger partial charge on any atom is -0.462 e. The van der Waals surface area contributed by atoms with Crippen LogP contribution in [0.25, 0.3) is 0 Å². The molecule has 1 aliphatic rings. The van der Waals surface area contributed by atoms with E-state index in [9.17, 15) is 4.79 Å². The monoisotopic (exact) mass is 290 g/mol. The predicted octanol–water partition coefficient (Wildman–Crippen LogP) is 3.66. The van der Waals surface area contributed by atoms with Crippen molar-refractivity contribution in [2.45, 2.75) is 52.5 Å². The second-order valence-electron chi connectivity index (χ2n) is 6.11. The highest BCUT2D eigenvalue weighted by atomic mass is 16.5. The predicted molar refractivity (Wildman–Crippen MR) is 84.6 cm³/mol.